The molecule has 0 spiro atoms. The third-order valence-corrected chi connectivity index (χ3v) is 3.14. The first-order chi connectivity index (χ1) is 6.03. The molecule has 0 saturated heterocycles. The maximum absolute atomic E-state index is 10.9. The second-order valence-electron chi connectivity index (χ2n) is 2.56. The van der Waals surface area contributed by atoms with Gasteiger partial charge in [-0.3, -0.25) is 0 Å². The van der Waals surface area contributed by atoms with E-state index in [1.807, 2.05) is 0 Å². The van der Waals surface area contributed by atoms with Gasteiger partial charge in [0.2, 0.25) is 10.0 Å². The Morgan fingerprint density at radius 3 is 2.69 bits per heavy atom. The number of nitrogens with one attached hydrogen (secondary N) is 1. The summed E-state index contributed by atoms with van der Waals surface area (Å²) in [6, 6.07) is 3.48. The van der Waals surface area contributed by atoms with E-state index >= 15 is 0 Å². The van der Waals surface area contributed by atoms with Gasteiger partial charge in [-0.1, -0.05) is 0 Å². The molecule has 1 aromatic rings. The van der Waals surface area contributed by atoms with E-state index < -0.39 is 15.2 Å². The van der Waals surface area contributed by atoms with E-state index in [-0.39, 0.29) is 6.54 Å². The van der Waals surface area contributed by atoms with Gasteiger partial charge in [0, 0.05) is 0 Å². The molecule has 0 aliphatic carbocycles. The van der Waals surface area contributed by atoms with Crippen LogP contribution in [0.15, 0.2) is 16.5 Å². The highest BCUT2D eigenvalue weighted by Gasteiger charge is 2.08. The number of sulfonamides is 1. The van der Waals surface area contributed by atoms with Crippen molar-refractivity contribution < 1.29 is 12.8 Å². The Morgan fingerprint density at radius 1 is 1.54 bits per heavy atom. The van der Waals surface area contributed by atoms with Crippen molar-refractivity contribution >= 4 is 21.6 Å². The number of aryl methyl sites for hydroxylation is 1. The summed E-state index contributed by atoms with van der Waals surface area (Å²) >= 11 is 5.18. The van der Waals surface area contributed by atoms with Gasteiger partial charge in [0.25, 0.3) is 0 Å². The summed E-state index contributed by atoms with van der Waals surface area (Å²) in [5.74, 6) is 1.33. The molecule has 0 radical (unpaired) electrons. The van der Waals surface area contributed by atoms with E-state index in [0.29, 0.717) is 5.76 Å². The van der Waals surface area contributed by atoms with E-state index in [1.165, 1.54) is 0 Å². The molecule has 0 saturated carbocycles. The van der Waals surface area contributed by atoms with Crippen LogP contribution in [0.3, 0.4) is 0 Å². The van der Waals surface area contributed by atoms with E-state index in [9.17, 15) is 8.42 Å². The van der Waals surface area contributed by atoms with Crippen LogP contribution in [0.25, 0.3) is 0 Å². The Hall–Kier alpha value is -0.520. The van der Waals surface area contributed by atoms with Crippen LogP contribution in [-0.4, -0.2) is 13.6 Å². The largest absolute Gasteiger partial charge is 0.465 e. The molecule has 1 aromatic heterocycles. The Balaban J connectivity index is 2.53. The number of furan rings is 1. The normalized spacial score (nSPS) is 11.8. The first-order valence-corrected chi connectivity index (χ1v) is 5.81. The predicted octanol–water partition coefficient (Wildman–Crippen LogP) is 1.20. The molecular weight excluding hydrogens is 214 g/mol. The summed E-state index contributed by atoms with van der Waals surface area (Å²) in [7, 11) is -3.35. The second-order valence-corrected chi connectivity index (χ2v) is 4.95. The molecule has 0 fully saturated rings. The minimum atomic E-state index is -3.35. The molecule has 4 nitrogen and oxygen atoms in total. The maximum atomic E-state index is 10.9. The molecular formula is C7H10ClNO3S. The highest BCUT2D eigenvalue weighted by Crippen LogP contribution is 2.06. The molecule has 1 rings (SSSR count). The van der Waals surface area contributed by atoms with E-state index in [1.54, 1.807) is 19.1 Å². The lowest BCUT2D eigenvalue weighted by Crippen LogP contribution is -2.23. The number of hydrogen-bond acceptors (Lipinski definition) is 3. The van der Waals surface area contributed by atoms with Crippen LogP contribution >= 0.6 is 11.6 Å². The fourth-order valence-electron chi connectivity index (χ4n) is 0.800. The maximum Gasteiger partial charge on any atom is 0.226 e. The van der Waals surface area contributed by atoms with Gasteiger partial charge in [-0.2, -0.15) is 0 Å². The molecule has 6 heteroatoms. The van der Waals surface area contributed by atoms with Gasteiger partial charge in [-0.15, -0.1) is 11.6 Å². The van der Waals surface area contributed by atoms with Crippen LogP contribution in [-0.2, 0) is 16.6 Å². The average molecular weight is 224 g/mol. The summed E-state index contributed by atoms with van der Waals surface area (Å²) in [5.41, 5.74) is 0. The predicted molar refractivity (Wildman–Crippen MR) is 49.9 cm³/mol. The lowest BCUT2D eigenvalue weighted by atomic mass is 10.4. The summed E-state index contributed by atoms with van der Waals surface area (Å²) in [4.78, 5) is 0. The zero-order valence-electron chi connectivity index (χ0n) is 7.08. The van der Waals surface area contributed by atoms with Crippen molar-refractivity contribution in [3.8, 4) is 0 Å². The molecule has 0 unspecified atom stereocenters. The van der Waals surface area contributed by atoms with Crippen molar-refractivity contribution in [3.63, 3.8) is 0 Å². The summed E-state index contributed by atoms with van der Waals surface area (Å²) in [6.45, 7) is 1.93. The molecule has 13 heavy (non-hydrogen) atoms. The van der Waals surface area contributed by atoms with Crippen LogP contribution in [0.4, 0.5) is 0 Å². The van der Waals surface area contributed by atoms with Crippen LogP contribution < -0.4 is 4.72 Å². The first kappa shape index (κ1) is 10.6. The van der Waals surface area contributed by atoms with Crippen LogP contribution in [0.1, 0.15) is 11.5 Å². The number of alkyl halides is 1. The molecule has 0 amide bonds. The standard InChI is InChI=1S/C7H10ClNO3S/c1-6-2-3-7(12-6)4-9-13(10,11)5-8/h2-3,9H,4-5H2,1H3. The van der Waals surface area contributed by atoms with Gasteiger partial charge in [-0.05, 0) is 19.1 Å². The summed E-state index contributed by atoms with van der Waals surface area (Å²) in [6.07, 6.45) is 0. The van der Waals surface area contributed by atoms with Crippen molar-refractivity contribution in [2.75, 3.05) is 5.21 Å². The van der Waals surface area contributed by atoms with Crippen molar-refractivity contribution in [1.29, 1.82) is 0 Å². The van der Waals surface area contributed by atoms with Gasteiger partial charge in [0.1, 0.15) is 16.7 Å². The Morgan fingerprint density at radius 2 is 2.23 bits per heavy atom. The third kappa shape index (κ3) is 3.38. The average Bonchev–Trinajstić information content (AvgIpc) is 2.48. The molecule has 0 aliphatic heterocycles. The lowest BCUT2D eigenvalue weighted by Gasteiger charge is -1.99. The van der Waals surface area contributed by atoms with Crippen molar-refractivity contribution in [2.45, 2.75) is 13.5 Å². The Bertz CT molecular complexity index is 371. The topological polar surface area (TPSA) is 59.3 Å². The van der Waals surface area contributed by atoms with Crippen LogP contribution in [0, 0.1) is 6.92 Å². The monoisotopic (exact) mass is 223 g/mol. The van der Waals surface area contributed by atoms with Gasteiger partial charge >= 0.3 is 0 Å². The quantitative estimate of drug-likeness (QED) is 0.781. The van der Waals surface area contributed by atoms with Crippen LogP contribution in [0.2, 0.25) is 0 Å². The van der Waals surface area contributed by atoms with Gasteiger partial charge in [-0.25, -0.2) is 13.1 Å². The molecule has 0 bridgehead atoms. The minimum Gasteiger partial charge on any atom is -0.465 e. The van der Waals surface area contributed by atoms with E-state index in [4.69, 9.17) is 16.0 Å². The third-order valence-electron chi connectivity index (χ3n) is 1.41. The Kier molecular flexibility index (Phi) is 3.35. The summed E-state index contributed by atoms with van der Waals surface area (Å²) in [5, 5.41) is -0.438. The molecule has 0 atom stereocenters. The number of rotatable bonds is 4. The molecule has 0 aromatic carbocycles. The zero-order valence-corrected chi connectivity index (χ0v) is 8.65. The first-order valence-electron chi connectivity index (χ1n) is 3.62. The molecule has 74 valence electrons. The molecule has 1 heterocycles. The fourth-order valence-corrected chi connectivity index (χ4v) is 1.47. The zero-order chi connectivity index (χ0) is 9.90. The number of halogens is 1. The SMILES string of the molecule is Cc1ccc(CNS(=O)(=O)CCl)o1. The smallest absolute Gasteiger partial charge is 0.226 e. The highest BCUT2D eigenvalue weighted by atomic mass is 35.5. The van der Waals surface area contributed by atoms with E-state index in [0.717, 1.165) is 5.76 Å². The summed E-state index contributed by atoms with van der Waals surface area (Å²) < 4.78 is 29.2. The molecule has 0 aliphatic rings. The van der Waals surface area contributed by atoms with Crippen molar-refractivity contribution in [1.82, 2.24) is 4.72 Å². The lowest BCUT2D eigenvalue weighted by molar-refractivity contribution is 0.476. The highest BCUT2D eigenvalue weighted by molar-refractivity contribution is 7.90. The van der Waals surface area contributed by atoms with Crippen molar-refractivity contribution in [2.24, 2.45) is 0 Å². The van der Waals surface area contributed by atoms with Crippen LogP contribution in [0.5, 0.6) is 0 Å². The second kappa shape index (κ2) is 4.13. The number of hydrogen-bond donors (Lipinski definition) is 1. The van der Waals surface area contributed by atoms with Crippen molar-refractivity contribution in [3.05, 3.63) is 23.7 Å². The Labute approximate surface area is 81.9 Å². The minimum absolute atomic E-state index is 0.142. The van der Waals surface area contributed by atoms with Gasteiger partial charge in [0.05, 0.1) is 6.54 Å². The fraction of sp³-hybridized carbons (Fsp3) is 0.429. The van der Waals surface area contributed by atoms with Gasteiger partial charge < -0.3 is 4.42 Å². The molecule has 1 N–H and O–H groups in total. The van der Waals surface area contributed by atoms with Gasteiger partial charge in [0.15, 0.2) is 0 Å². The van der Waals surface area contributed by atoms with E-state index in [2.05, 4.69) is 4.72 Å².